The van der Waals surface area contributed by atoms with Crippen molar-refractivity contribution in [1.82, 2.24) is 4.98 Å². The van der Waals surface area contributed by atoms with E-state index in [2.05, 4.69) is 4.98 Å². The molecule has 0 amide bonds. The van der Waals surface area contributed by atoms with E-state index >= 15 is 0 Å². The van der Waals surface area contributed by atoms with Crippen LogP contribution in [0.2, 0.25) is 0 Å². The van der Waals surface area contributed by atoms with Crippen LogP contribution in [-0.4, -0.2) is 10.1 Å². The van der Waals surface area contributed by atoms with Gasteiger partial charge in [0, 0.05) is 11.6 Å². The molecular weight excluding hydrogens is 271 g/mol. The summed E-state index contributed by atoms with van der Waals surface area (Å²) >= 11 is 0. The molecule has 6 heteroatoms. The lowest BCUT2D eigenvalue weighted by Gasteiger charge is -2.05. The highest BCUT2D eigenvalue weighted by atomic mass is 19.4. The average Bonchev–Trinajstić information content (AvgIpc) is 2.80. The summed E-state index contributed by atoms with van der Waals surface area (Å²) in [7, 11) is 0. The molecule has 1 heterocycles. The molecule has 3 nitrogen and oxygen atoms in total. The highest BCUT2D eigenvalue weighted by Gasteiger charge is 2.30. The second-order valence-electron chi connectivity index (χ2n) is 4.25. The summed E-state index contributed by atoms with van der Waals surface area (Å²) in [5.74, 6) is 0.243. The molecule has 20 heavy (non-hydrogen) atoms. The lowest BCUT2D eigenvalue weighted by Crippen LogP contribution is -2.03. The second kappa shape index (κ2) is 4.26. The summed E-state index contributed by atoms with van der Waals surface area (Å²) in [5, 5.41) is 9.32. The number of benzene rings is 2. The van der Waals surface area contributed by atoms with Gasteiger partial charge in [0.15, 0.2) is 5.58 Å². The van der Waals surface area contributed by atoms with Gasteiger partial charge in [-0.15, -0.1) is 0 Å². The van der Waals surface area contributed by atoms with E-state index in [0.717, 1.165) is 12.1 Å². The van der Waals surface area contributed by atoms with Gasteiger partial charge in [0.1, 0.15) is 11.3 Å². The van der Waals surface area contributed by atoms with Gasteiger partial charge in [0.05, 0.1) is 5.56 Å². The number of rotatable bonds is 1. The quantitative estimate of drug-likeness (QED) is 0.725. The van der Waals surface area contributed by atoms with Crippen molar-refractivity contribution >= 4 is 11.1 Å². The van der Waals surface area contributed by atoms with Crippen LogP contribution in [0.25, 0.3) is 22.6 Å². The molecule has 0 bridgehead atoms. The van der Waals surface area contributed by atoms with Gasteiger partial charge in [-0.25, -0.2) is 4.98 Å². The summed E-state index contributed by atoms with van der Waals surface area (Å²) < 4.78 is 42.8. The molecule has 0 aliphatic carbocycles. The number of oxazole rings is 1. The van der Waals surface area contributed by atoms with Crippen LogP contribution in [0.3, 0.4) is 0 Å². The zero-order valence-electron chi connectivity index (χ0n) is 9.98. The van der Waals surface area contributed by atoms with E-state index in [4.69, 9.17) is 4.42 Å². The Morgan fingerprint density at radius 1 is 1.00 bits per heavy atom. The van der Waals surface area contributed by atoms with Crippen LogP contribution in [0.4, 0.5) is 13.2 Å². The Kier molecular flexibility index (Phi) is 2.67. The second-order valence-corrected chi connectivity index (χ2v) is 4.25. The smallest absolute Gasteiger partial charge is 0.416 e. The van der Waals surface area contributed by atoms with E-state index in [-0.39, 0.29) is 11.6 Å². The number of aromatic hydroxyl groups is 1. The summed E-state index contributed by atoms with van der Waals surface area (Å²) in [5.41, 5.74) is 0.612. The number of nitrogens with zero attached hydrogens (tertiary/aromatic N) is 1. The van der Waals surface area contributed by atoms with Crippen LogP contribution in [0.15, 0.2) is 46.9 Å². The SMILES string of the molecule is Oc1ccc2nc(-c3ccc(C(F)(F)F)cc3)oc2c1. The largest absolute Gasteiger partial charge is 0.508 e. The van der Waals surface area contributed by atoms with E-state index in [1.54, 1.807) is 6.07 Å². The first-order valence-electron chi connectivity index (χ1n) is 5.71. The Balaban J connectivity index is 2.02. The highest BCUT2D eigenvalue weighted by molar-refractivity contribution is 5.77. The predicted molar refractivity (Wildman–Crippen MR) is 66.1 cm³/mol. The number of phenols is 1. The fourth-order valence-corrected chi connectivity index (χ4v) is 1.84. The zero-order chi connectivity index (χ0) is 14.3. The summed E-state index contributed by atoms with van der Waals surface area (Å²) in [4.78, 5) is 4.16. The van der Waals surface area contributed by atoms with Crippen LogP contribution < -0.4 is 0 Å². The van der Waals surface area contributed by atoms with E-state index in [1.165, 1.54) is 24.3 Å². The molecule has 0 aliphatic rings. The van der Waals surface area contributed by atoms with E-state index in [1.807, 2.05) is 0 Å². The van der Waals surface area contributed by atoms with Gasteiger partial charge in [0.25, 0.3) is 0 Å². The first-order chi connectivity index (χ1) is 9.43. The fourth-order valence-electron chi connectivity index (χ4n) is 1.84. The van der Waals surface area contributed by atoms with Gasteiger partial charge in [-0.1, -0.05) is 0 Å². The van der Waals surface area contributed by atoms with Crippen LogP contribution >= 0.6 is 0 Å². The van der Waals surface area contributed by atoms with Gasteiger partial charge < -0.3 is 9.52 Å². The van der Waals surface area contributed by atoms with E-state index < -0.39 is 11.7 Å². The third kappa shape index (κ3) is 2.20. The Hall–Kier alpha value is -2.50. The average molecular weight is 279 g/mol. The van der Waals surface area contributed by atoms with Crippen LogP contribution in [0.5, 0.6) is 5.75 Å². The maximum Gasteiger partial charge on any atom is 0.416 e. The summed E-state index contributed by atoms with van der Waals surface area (Å²) in [6.45, 7) is 0. The minimum absolute atomic E-state index is 0.0348. The molecule has 0 spiro atoms. The molecule has 1 aromatic heterocycles. The van der Waals surface area contributed by atoms with Crippen molar-refractivity contribution in [3.8, 4) is 17.2 Å². The van der Waals surface area contributed by atoms with Crippen molar-refractivity contribution < 1.29 is 22.7 Å². The van der Waals surface area contributed by atoms with Gasteiger partial charge in [0.2, 0.25) is 5.89 Å². The Morgan fingerprint density at radius 3 is 2.35 bits per heavy atom. The van der Waals surface area contributed by atoms with Gasteiger partial charge in [-0.05, 0) is 36.4 Å². The van der Waals surface area contributed by atoms with E-state index in [9.17, 15) is 18.3 Å². The molecule has 0 unspecified atom stereocenters. The third-order valence-electron chi connectivity index (χ3n) is 2.83. The van der Waals surface area contributed by atoms with Crippen molar-refractivity contribution in [2.75, 3.05) is 0 Å². The molecule has 0 radical (unpaired) electrons. The minimum Gasteiger partial charge on any atom is -0.508 e. The van der Waals surface area contributed by atoms with Crippen molar-refractivity contribution in [3.63, 3.8) is 0 Å². The van der Waals surface area contributed by atoms with Gasteiger partial charge in [-0.3, -0.25) is 0 Å². The molecule has 0 saturated carbocycles. The maximum absolute atomic E-state index is 12.5. The fraction of sp³-hybridized carbons (Fsp3) is 0.0714. The third-order valence-corrected chi connectivity index (χ3v) is 2.83. The Bertz CT molecular complexity index is 760. The van der Waals surface area contributed by atoms with Crippen molar-refractivity contribution in [1.29, 1.82) is 0 Å². The number of aromatic nitrogens is 1. The van der Waals surface area contributed by atoms with Crippen molar-refractivity contribution in [3.05, 3.63) is 48.0 Å². The predicted octanol–water partition coefficient (Wildman–Crippen LogP) is 4.22. The number of alkyl halides is 3. The number of phenolic OH excluding ortho intramolecular Hbond substituents is 1. The topological polar surface area (TPSA) is 46.3 Å². The number of hydrogen-bond donors (Lipinski definition) is 1. The summed E-state index contributed by atoms with van der Waals surface area (Å²) in [6.07, 6.45) is -4.37. The first kappa shape index (κ1) is 12.5. The normalized spacial score (nSPS) is 11.9. The highest BCUT2D eigenvalue weighted by Crippen LogP contribution is 2.32. The Morgan fingerprint density at radius 2 is 1.70 bits per heavy atom. The van der Waals surface area contributed by atoms with E-state index in [0.29, 0.717) is 16.7 Å². The zero-order valence-corrected chi connectivity index (χ0v) is 9.98. The molecule has 0 aliphatic heterocycles. The lowest BCUT2D eigenvalue weighted by molar-refractivity contribution is -0.137. The molecular formula is C14H8F3NO2. The Labute approximate surface area is 111 Å². The molecule has 0 fully saturated rings. The first-order valence-corrected chi connectivity index (χ1v) is 5.71. The van der Waals surface area contributed by atoms with Crippen LogP contribution in [0, 0.1) is 0 Å². The van der Waals surface area contributed by atoms with Crippen LogP contribution in [-0.2, 0) is 6.18 Å². The molecule has 0 saturated heterocycles. The number of halogens is 3. The molecule has 1 N–H and O–H groups in total. The molecule has 2 aromatic carbocycles. The lowest BCUT2D eigenvalue weighted by atomic mass is 10.1. The molecule has 3 aromatic rings. The van der Waals surface area contributed by atoms with Gasteiger partial charge >= 0.3 is 6.18 Å². The standard InChI is InChI=1S/C14H8F3NO2/c15-14(16,17)9-3-1-8(2-4-9)13-18-11-6-5-10(19)7-12(11)20-13/h1-7,19H. The monoisotopic (exact) mass is 279 g/mol. The maximum atomic E-state index is 12.5. The molecule has 102 valence electrons. The number of hydrogen-bond acceptors (Lipinski definition) is 3. The minimum atomic E-state index is -4.37. The van der Waals surface area contributed by atoms with Crippen molar-refractivity contribution in [2.45, 2.75) is 6.18 Å². The summed E-state index contributed by atoms with van der Waals surface area (Å²) in [6, 6.07) is 8.98. The van der Waals surface area contributed by atoms with Crippen molar-refractivity contribution in [2.24, 2.45) is 0 Å². The van der Waals surface area contributed by atoms with Crippen LogP contribution in [0.1, 0.15) is 5.56 Å². The number of fused-ring (bicyclic) bond motifs is 1. The van der Waals surface area contributed by atoms with Gasteiger partial charge in [-0.2, -0.15) is 13.2 Å². The molecule has 0 atom stereocenters. The molecule has 3 rings (SSSR count).